The average Bonchev–Trinajstić information content (AvgIpc) is 2.01. The fourth-order valence-corrected chi connectivity index (χ4v) is 1.59. The Labute approximate surface area is 77.5 Å². The molecule has 1 rings (SSSR count). The van der Waals surface area contributed by atoms with Crippen molar-refractivity contribution in [2.75, 3.05) is 26.2 Å². The predicted octanol–water partition coefficient (Wildman–Crippen LogP) is -1.45. The van der Waals surface area contributed by atoms with Crippen molar-refractivity contribution in [3.63, 3.8) is 0 Å². The minimum Gasteiger partial charge on any atom is -0.394 e. The highest BCUT2D eigenvalue weighted by atomic mass is 16.5. The molecule has 0 radical (unpaired) electrons. The maximum Gasteiger partial charge on any atom is 0.231 e. The lowest BCUT2D eigenvalue weighted by molar-refractivity contribution is -0.125. The van der Waals surface area contributed by atoms with Gasteiger partial charge in [-0.25, -0.2) is 0 Å². The molecule has 1 saturated heterocycles. The number of ether oxygens (including phenoxy) is 1. The SMILES string of the molecule is CC1CN(CC(N)=O)CC(CO)O1. The number of aliphatic hydroxyl groups excluding tert-OH is 1. The fourth-order valence-electron chi connectivity index (χ4n) is 1.59. The van der Waals surface area contributed by atoms with Gasteiger partial charge in [0.1, 0.15) is 0 Å². The van der Waals surface area contributed by atoms with E-state index in [4.69, 9.17) is 15.6 Å². The summed E-state index contributed by atoms with van der Waals surface area (Å²) in [6.07, 6.45) is -0.145. The van der Waals surface area contributed by atoms with Crippen LogP contribution in [0.5, 0.6) is 0 Å². The summed E-state index contributed by atoms with van der Waals surface area (Å²) < 4.78 is 5.40. The van der Waals surface area contributed by atoms with Crippen molar-refractivity contribution in [1.29, 1.82) is 0 Å². The number of carbonyl (C=O) groups excluding carboxylic acids is 1. The molecule has 5 heteroatoms. The number of amides is 1. The zero-order valence-corrected chi connectivity index (χ0v) is 7.77. The standard InChI is InChI=1S/C8H16N2O3/c1-6-2-10(4-8(9)12)3-7(5-11)13-6/h6-7,11H,2-5H2,1H3,(H2,9,12). The highest BCUT2D eigenvalue weighted by Crippen LogP contribution is 2.09. The maximum absolute atomic E-state index is 10.6. The molecule has 5 nitrogen and oxygen atoms in total. The van der Waals surface area contributed by atoms with Gasteiger partial charge in [-0.3, -0.25) is 9.69 Å². The van der Waals surface area contributed by atoms with E-state index in [1.54, 1.807) is 0 Å². The molecule has 0 aromatic carbocycles. The first-order valence-electron chi connectivity index (χ1n) is 4.38. The summed E-state index contributed by atoms with van der Waals surface area (Å²) in [6.45, 7) is 3.41. The molecule has 1 heterocycles. The van der Waals surface area contributed by atoms with Crippen LogP contribution in [0.4, 0.5) is 0 Å². The molecule has 2 unspecified atom stereocenters. The van der Waals surface area contributed by atoms with E-state index in [9.17, 15) is 4.79 Å². The van der Waals surface area contributed by atoms with Crippen LogP contribution in [-0.4, -0.2) is 54.4 Å². The third-order valence-electron chi connectivity index (χ3n) is 1.98. The van der Waals surface area contributed by atoms with E-state index in [0.29, 0.717) is 13.1 Å². The third-order valence-corrected chi connectivity index (χ3v) is 1.98. The van der Waals surface area contributed by atoms with Gasteiger partial charge >= 0.3 is 0 Å². The highest BCUT2D eigenvalue weighted by molar-refractivity contribution is 5.75. The number of aliphatic hydroxyl groups is 1. The van der Waals surface area contributed by atoms with Crippen LogP contribution in [0.15, 0.2) is 0 Å². The number of hydrogen-bond donors (Lipinski definition) is 2. The number of carbonyl (C=O) groups is 1. The molecule has 0 aromatic heterocycles. The molecule has 1 fully saturated rings. The molecule has 0 bridgehead atoms. The van der Waals surface area contributed by atoms with Crippen LogP contribution in [0.1, 0.15) is 6.92 Å². The molecule has 0 spiro atoms. The molecule has 76 valence electrons. The van der Waals surface area contributed by atoms with Gasteiger partial charge in [0, 0.05) is 13.1 Å². The second-order valence-corrected chi connectivity index (χ2v) is 3.41. The first-order chi connectivity index (χ1) is 6.11. The lowest BCUT2D eigenvalue weighted by Gasteiger charge is -2.35. The average molecular weight is 188 g/mol. The Morgan fingerprint density at radius 3 is 2.92 bits per heavy atom. The monoisotopic (exact) mass is 188 g/mol. The zero-order chi connectivity index (χ0) is 9.84. The minimum absolute atomic E-state index is 0.0143. The molecule has 13 heavy (non-hydrogen) atoms. The van der Waals surface area contributed by atoms with Crippen LogP contribution in [0, 0.1) is 0 Å². The van der Waals surface area contributed by atoms with Crippen molar-refractivity contribution >= 4 is 5.91 Å². The van der Waals surface area contributed by atoms with Gasteiger partial charge in [-0.1, -0.05) is 0 Å². The van der Waals surface area contributed by atoms with Gasteiger partial charge in [-0.05, 0) is 6.92 Å². The predicted molar refractivity (Wildman–Crippen MR) is 47.1 cm³/mol. The number of morpholine rings is 1. The number of rotatable bonds is 3. The molecule has 0 aromatic rings. The van der Waals surface area contributed by atoms with Crippen molar-refractivity contribution in [3.05, 3.63) is 0 Å². The third kappa shape index (κ3) is 3.30. The Kier molecular flexibility index (Phi) is 3.65. The Morgan fingerprint density at radius 1 is 1.69 bits per heavy atom. The van der Waals surface area contributed by atoms with E-state index in [-0.39, 0.29) is 31.3 Å². The van der Waals surface area contributed by atoms with Crippen LogP contribution in [-0.2, 0) is 9.53 Å². The number of nitrogens with two attached hydrogens (primary N) is 1. The van der Waals surface area contributed by atoms with Gasteiger partial charge in [0.15, 0.2) is 0 Å². The van der Waals surface area contributed by atoms with E-state index < -0.39 is 0 Å². The molecular formula is C8H16N2O3. The van der Waals surface area contributed by atoms with Crippen LogP contribution in [0.2, 0.25) is 0 Å². The number of nitrogens with zero attached hydrogens (tertiary/aromatic N) is 1. The maximum atomic E-state index is 10.6. The van der Waals surface area contributed by atoms with Gasteiger partial charge in [0.05, 0.1) is 25.4 Å². The van der Waals surface area contributed by atoms with Gasteiger partial charge in [0.25, 0.3) is 0 Å². The highest BCUT2D eigenvalue weighted by Gasteiger charge is 2.25. The van der Waals surface area contributed by atoms with Crippen LogP contribution in [0.25, 0.3) is 0 Å². The second kappa shape index (κ2) is 4.55. The molecule has 0 aliphatic carbocycles. The Bertz CT molecular complexity index is 186. The normalized spacial score (nSPS) is 30.3. The van der Waals surface area contributed by atoms with Crippen LogP contribution < -0.4 is 5.73 Å². The van der Waals surface area contributed by atoms with Crippen molar-refractivity contribution in [2.24, 2.45) is 5.73 Å². The van der Waals surface area contributed by atoms with E-state index in [2.05, 4.69) is 0 Å². The summed E-state index contributed by atoms with van der Waals surface area (Å²) in [5, 5.41) is 8.89. The fraction of sp³-hybridized carbons (Fsp3) is 0.875. The minimum atomic E-state index is -0.342. The van der Waals surface area contributed by atoms with Crippen molar-refractivity contribution in [2.45, 2.75) is 19.1 Å². The topological polar surface area (TPSA) is 75.8 Å². The second-order valence-electron chi connectivity index (χ2n) is 3.41. The summed E-state index contributed by atoms with van der Waals surface area (Å²) in [4.78, 5) is 12.5. The smallest absolute Gasteiger partial charge is 0.231 e. The summed E-state index contributed by atoms with van der Waals surface area (Å²) in [5.74, 6) is -0.342. The summed E-state index contributed by atoms with van der Waals surface area (Å²) in [7, 11) is 0. The first-order valence-corrected chi connectivity index (χ1v) is 4.38. The summed E-state index contributed by atoms with van der Waals surface area (Å²) in [5.41, 5.74) is 5.07. The Balaban J connectivity index is 2.42. The van der Waals surface area contributed by atoms with Crippen LogP contribution in [0.3, 0.4) is 0 Å². The molecule has 0 saturated carbocycles. The van der Waals surface area contributed by atoms with Gasteiger partial charge in [-0.2, -0.15) is 0 Å². The first kappa shape index (κ1) is 10.4. The Hall–Kier alpha value is -0.650. The van der Waals surface area contributed by atoms with Gasteiger partial charge in [0.2, 0.25) is 5.91 Å². The number of primary amides is 1. The molecule has 1 aliphatic rings. The van der Waals surface area contributed by atoms with Crippen molar-refractivity contribution in [1.82, 2.24) is 4.90 Å². The molecule has 2 atom stereocenters. The summed E-state index contributed by atoms with van der Waals surface area (Å²) >= 11 is 0. The molecule has 3 N–H and O–H groups in total. The zero-order valence-electron chi connectivity index (χ0n) is 7.77. The summed E-state index contributed by atoms with van der Waals surface area (Å²) in [6, 6.07) is 0. The van der Waals surface area contributed by atoms with Crippen molar-refractivity contribution < 1.29 is 14.6 Å². The quantitative estimate of drug-likeness (QED) is 0.568. The van der Waals surface area contributed by atoms with E-state index >= 15 is 0 Å². The lowest BCUT2D eigenvalue weighted by Crippen LogP contribution is -2.50. The van der Waals surface area contributed by atoms with Crippen LogP contribution >= 0.6 is 0 Å². The molecular weight excluding hydrogens is 172 g/mol. The lowest BCUT2D eigenvalue weighted by atomic mass is 10.2. The van der Waals surface area contributed by atoms with E-state index in [1.165, 1.54) is 0 Å². The van der Waals surface area contributed by atoms with Gasteiger partial charge in [-0.15, -0.1) is 0 Å². The van der Waals surface area contributed by atoms with E-state index in [0.717, 1.165) is 0 Å². The largest absolute Gasteiger partial charge is 0.394 e. The molecule has 1 amide bonds. The Morgan fingerprint density at radius 2 is 2.38 bits per heavy atom. The molecule has 1 aliphatic heterocycles. The number of hydrogen-bond acceptors (Lipinski definition) is 4. The van der Waals surface area contributed by atoms with Crippen molar-refractivity contribution in [3.8, 4) is 0 Å². The van der Waals surface area contributed by atoms with E-state index in [1.807, 2.05) is 11.8 Å². The van der Waals surface area contributed by atoms with Gasteiger partial charge < -0.3 is 15.6 Å².